The van der Waals surface area contributed by atoms with Crippen LogP contribution in [0.2, 0.25) is 0 Å². The van der Waals surface area contributed by atoms with E-state index in [9.17, 15) is 9.59 Å². The van der Waals surface area contributed by atoms with Gasteiger partial charge in [0.15, 0.2) is 5.76 Å². The number of carbonyl (C=O) groups is 2. The molecule has 0 atom stereocenters. The first-order chi connectivity index (χ1) is 11.7. The topological polar surface area (TPSA) is 89.2 Å². The molecule has 2 amide bonds. The molecule has 0 aliphatic carbocycles. The highest BCUT2D eigenvalue weighted by Crippen LogP contribution is 2.09. The van der Waals surface area contributed by atoms with Gasteiger partial charge in [0.1, 0.15) is 0 Å². The molecule has 24 heavy (non-hydrogen) atoms. The van der Waals surface area contributed by atoms with E-state index in [0.29, 0.717) is 18.7 Å². The van der Waals surface area contributed by atoms with E-state index >= 15 is 0 Å². The first-order valence-corrected chi connectivity index (χ1v) is 7.42. The van der Waals surface area contributed by atoms with E-state index in [-0.39, 0.29) is 17.6 Å². The van der Waals surface area contributed by atoms with Gasteiger partial charge >= 0.3 is 0 Å². The molecule has 0 unspecified atom stereocenters. The maximum absolute atomic E-state index is 12.1. The lowest BCUT2D eigenvalue weighted by Gasteiger charge is -2.07. The third kappa shape index (κ3) is 3.70. The molecule has 1 aromatic carbocycles. The van der Waals surface area contributed by atoms with Crippen molar-refractivity contribution in [3.05, 3.63) is 72.7 Å². The molecule has 0 bridgehead atoms. The van der Waals surface area contributed by atoms with Gasteiger partial charge in [0.2, 0.25) is 0 Å². The van der Waals surface area contributed by atoms with E-state index in [0.717, 1.165) is 5.69 Å². The van der Waals surface area contributed by atoms with Crippen LogP contribution in [0, 0.1) is 0 Å². The van der Waals surface area contributed by atoms with Crippen molar-refractivity contribution in [3.63, 3.8) is 0 Å². The molecule has 2 aromatic heterocycles. The predicted octanol–water partition coefficient (Wildman–Crippen LogP) is 1.63. The number of furan rings is 1. The maximum Gasteiger partial charge on any atom is 0.287 e. The minimum Gasteiger partial charge on any atom is -0.459 e. The third-order valence-electron chi connectivity index (χ3n) is 3.37. The second kappa shape index (κ2) is 7.28. The summed E-state index contributed by atoms with van der Waals surface area (Å²) in [7, 11) is 0. The Kier molecular flexibility index (Phi) is 4.71. The van der Waals surface area contributed by atoms with Gasteiger partial charge < -0.3 is 19.6 Å². The van der Waals surface area contributed by atoms with Crippen molar-refractivity contribution in [1.82, 2.24) is 20.2 Å². The number of aromatic nitrogens is 2. The van der Waals surface area contributed by atoms with E-state index in [2.05, 4.69) is 15.6 Å². The Morgan fingerprint density at radius 1 is 1.04 bits per heavy atom. The number of hydrogen-bond acceptors (Lipinski definition) is 4. The predicted molar refractivity (Wildman–Crippen MR) is 86.9 cm³/mol. The van der Waals surface area contributed by atoms with Crippen LogP contribution >= 0.6 is 0 Å². The molecule has 7 heteroatoms. The molecule has 0 saturated carbocycles. The Morgan fingerprint density at radius 2 is 1.79 bits per heavy atom. The Bertz CT molecular complexity index is 793. The molecule has 7 nitrogen and oxygen atoms in total. The van der Waals surface area contributed by atoms with Crippen LogP contribution in [0.3, 0.4) is 0 Å². The SMILES string of the molecule is O=C(NCCNC(=O)c1ccco1)c1ccc(-n2ccnc2)cc1. The van der Waals surface area contributed by atoms with Crippen molar-refractivity contribution >= 4 is 11.8 Å². The van der Waals surface area contributed by atoms with Gasteiger partial charge in [-0.3, -0.25) is 9.59 Å². The molecule has 0 spiro atoms. The zero-order valence-electron chi connectivity index (χ0n) is 12.8. The maximum atomic E-state index is 12.1. The lowest BCUT2D eigenvalue weighted by Crippen LogP contribution is -2.34. The fraction of sp³-hybridized carbons (Fsp3) is 0.118. The summed E-state index contributed by atoms with van der Waals surface area (Å²) in [5.41, 5.74) is 1.48. The fourth-order valence-electron chi connectivity index (χ4n) is 2.15. The average Bonchev–Trinajstić information content (AvgIpc) is 3.32. The van der Waals surface area contributed by atoms with Crippen molar-refractivity contribution in [1.29, 1.82) is 0 Å². The van der Waals surface area contributed by atoms with Crippen molar-refractivity contribution < 1.29 is 14.0 Å². The lowest BCUT2D eigenvalue weighted by molar-refractivity contribution is 0.0910. The highest BCUT2D eigenvalue weighted by Gasteiger charge is 2.08. The molecule has 0 fully saturated rings. The molecule has 122 valence electrons. The van der Waals surface area contributed by atoms with Crippen LogP contribution in [0.25, 0.3) is 5.69 Å². The molecule has 0 radical (unpaired) electrons. The molecule has 3 rings (SSSR count). The van der Waals surface area contributed by atoms with E-state index in [1.54, 1.807) is 36.8 Å². The van der Waals surface area contributed by atoms with Crippen LogP contribution in [-0.4, -0.2) is 34.5 Å². The Morgan fingerprint density at radius 3 is 2.42 bits per heavy atom. The van der Waals surface area contributed by atoms with Crippen LogP contribution in [0.1, 0.15) is 20.9 Å². The monoisotopic (exact) mass is 324 g/mol. The van der Waals surface area contributed by atoms with Crippen molar-refractivity contribution in [2.24, 2.45) is 0 Å². The molecule has 2 N–H and O–H groups in total. The summed E-state index contributed by atoms with van der Waals surface area (Å²) in [6, 6.07) is 10.4. The lowest BCUT2D eigenvalue weighted by atomic mass is 10.2. The smallest absolute Gasteiger partial charge is 0.287 e. The molecule has 3 aromatic rings. The summed E-state index contributed by atoms with van der Waals surface area (Å²) in [4.78, 5) is 27.7. The zero-order chi connectivity index (χ0) is 16.8. The van der Waals surface area contributed by atoms with Gasteiger partial charge in [0, 0.05) is 36.7 Å². The number of carbonyl (C=O) groups excluding carboxylic acids is 2. The molecule has 0 saturated heterocycles. The Balaban J connectivity index is 1.46. The fourth-order valence-corrected chi connectivity index (χ4v) is 2.15. The van der Waals surface area contributed by atoms with Gasteiger partial charge in [-0.2, -0.15) is 0 Å². The zero-order valence-corrected chi connectivity index (χ0v) is 12.8. The first kappa shape index (κ1) is 15.5. The van der Waals surface area contributed by atoms with Crippen LogP contribution in [0.5, 0.6) is 0 Å². The van der Waals surface area contributed by atoms with Crippen LogP contribution in [-0.2, 0) is 0 Å². The summed E-state index contributed by atoms with van der Waals surface area (Å²) >= 11 is 0. The summed E-state index contributed by atoms with van der Waals surface area (Å²) in [6.07, 6.45) is 6.65. The summed E-state index contributed by atoms with van der Waals surface area (Å²) in [6.45, 7) is 0.646. The molecular formula is C17H16N4O3. The number of rotatable bonds is 6. The van der Waals surface area contributed by atoms with Gasteiger partial charge in [-0.05, 0) is 36.4 Å². The van der Waals surface area contributed by atoms with Gasteiger partial charge in [-0.1, -0.05) is 0 Å². The van der Waals surface area contributed by atoms with Gasteiger partial charge in [-0.15, -0.1) is 0 Å². The number of imidazole rings is 1. The number of benzene rings is 1. The van der Waals surface area contributed by atoms with E-state index < -0.39 is 0 Å². The highest BCUT2D eigenvalue weighted by molar-refractivity contribution is 5.94. The molecule has 0 aliphatic heterocycles. The second-order valence-electron chi connectivity index (χ2n) is 5.01. The van der Waals surface area contributed by atoms with Crippen molar-refractivity contribution in [3.8, 4) is 5.69 Å². The number of hydrogen-bond donors (Lipinski definition) is 2. The van der Waals surface area contributed by atoms with Gasteiger partial charge in [-0.25, -0.2) is 4.98 Å². The second-order valence-corrected chi connectivity index (χ2v) is 5.01. The molecule has 0 aliphatic rings. The van der Waals surface area contributed by atoms with Gasteiger partial charge in [0.25, 0.3) is 11.8 Å². The number of amides is 2. The van der Waals surface area contributed by atoms with Crippen molar-refractivity contribution in [2.75, 3.05) is 13.1 Å². The highest BCUT2D eigenvalue weighted by atomic mass is 16.3. The third-order valence-corrected chi connectivity index (χ3v) is 3.37. The first-order valence-electron chi connectivity index (χ1n) is 7.42. The van der Waals surface area contributed by atoms with E-state index in [1.165, 1.54) is 6.26 Å². The van der Waals surface area contributed by atoms with Crippen LogP contribution in [0.15, 0.2) is 65.8 Å². The van der Waals surface area contributed by atoms with Crippen LogP contribution < -0.4 is 10.6 Å². The minimum atomic E-state index is -0.307. The quantitative estimate of drug-likeness (QED) is 0.674. The molecule has 2 heterocycles. The largest absolute Gasteiger partial charge is 0.459 e. The van der Waals surface area contributed by atoms with Gasteiger partial charge in [0.05, 0.1) is 12.6 Å². The van der Waals surface area contributed by atoms with Crippen molar-refractivity contribution in [2.45, 2.75) is 0 Å². The Labute approximate surface area is 138 Å². The summed E-state index contributed by atoms with van der Waals surface area (Å²) in [5, 5.41) is 5.41. The Hall–Kier alpha value is -3.35. The summed E-state index contributed by atoms with van der Waals surface area (Å²) in [5.74, 6) is -0.255. The molecular weight excluding hydrogens is 308 g/mol. The standard InChI is InChI=1S/C17H16N4O3/c22-16(19-7-8-20-17(23)15-2-1-11-24-15)13-3-5-14(6-4-13)21-10-9-18-12-21/h1-6,9-12H,7-8H2,(H,19,22)(H,20,23). The number of nitrogens with one attached hydrogen (secondary N) is 2. The van der Waals surface area contributed by atoms with Crippen LogP contribution in [0.4, 0.5) is 0 Å². The van der Waals surface area contributed by atoms with E-state index in [4.69, 9.17) is 4.42 Å². The van der Waals surface area contributed by atoms with E-state index in [1.807, 2.05) is 22.9 Å². The minimum absolute atomic E-state index is 0.195. The number of nitrogens with zero attached hydrogens (tertiary/aromatic N) is 2. The normalized spacial score (nSPS) is 10.3. The average molecular weight is 324 g/mol. The summed E-state index contributed by atoms with van der Waals surface area (Å²) < 4.78 is 6.83.